The number of nitrogens with one attached hydrogen (secondary N) is 1. The third-order valence-corrected chi connectivity index (χ3v) is 7.72. The minimum absolute atomic E-state index is 0.0658. The van der Waals surface area contributed by atoms with Gasteiger partial charge in [-0.2, -0.15) is 0 Å². The molecular weight excluding hydrogens is 420 g/mol. The lowest BCUT2D eigenvalue weighted by atomic mass is 10.1. The molecule has 0 saturated carbocycles. The number of para-hydroxylation sites is 1. The monoisotopic (exact) mass is 444 g/mol. The SMILES string of the molecule is COc1ccc(OC)c(S(=O)(=O)NCC(c2cccs2)N2CCc3ccccc32)c1. The van der Waals surface area contributed by atoms with Crippen LogP contribution >= 0.6 is 11.3 Å². The van der Waals surface area contributed by atoms with Gasteiger partial charge in [0.1, 0.15) is 16.4 Å². The van der Waals surface area contributed by atoms with E-state index in [1.807, 2.05) is 23.6 Å². The average Bonchev–Trinajstić information content (AvgIpc) is 3.44. The van der Waals surface area contributed by atoms with Crippen LogP contribution in [0.15, 0.2) is 64.9 Å². The van der Waals surface area contributed by atoms with Gasteiger partial charge in [0.15, 0.2) is 0 Å². The Balaban J connectivity index is 1.63. The van der Waals surface area contributed by atoms with Gasteiger partial charge in [-0.15, -0.1) is 11.3 Å². The molecule has 0 bridgehead atoms. The molecule has 1 aromatic heterocycles. The summed E-state index contributed by atoms with van der Waals surface area (Å²) in [6.07, 6.45) is 0.953. The second kappa shape index (κ2) is 8.67. The molecule has 1 atom stereocenters. The van der Waals surface area contributed by atoms with E-state index >= 15 is 0 Å². The quantitative estimate of drug-likeness (QED) is 0.572. The van der Waals surface area contributed by atoms with Gasteiger partial charge >= 0.3 is 0 Å². The molecular formula is C22H24N2O4S2. The van der Waals surface area contributed by atoms with Crippen molar-refractivity contribution in [3.8, 4) is 11.5 Å². The van der Waals surface area contributed by atoms with E-state index in [1.54, 1.807) is 23.5 Å². The van der Waals surface area contributed by atoms with Crippen molar-refractivity contribution in [3.63, 3.8) is 0 Å². The highest BCUT2D eigenvalue weighted by Crippen LogP contribution is 2.36. The first-order chi connectivity index (χ1) is 14.5. The van der Waals surface area contributed by atoms with Gasteiger partial charge in [0, 0.05) is 29.7 Å². The maximum atomic E-state index is 13.2. The molecule has 6 nitrogen and oxygen atoms in total. The number of rotatable bonds is 8. The molecule has 2 aromatic carbocycles. The summed E-state index contributed by atoms with van der Waals surface area (Å²) in [6, 6.07) is 17.0. The molecule has 0 aliphatic carbocycles. The first-order valence-electron chi connectivity index (χ1n) is 9.63. The number of benzene rings is 2. The number of sulfonamides is 1. The van der Waals surface area contributed by atoms with E-state index in [2.05, 4.69) is 27.8 Å². The van der Waals surface area contributed by atoms with E-state index in [4.69, 9.17) is 9.47 Å². The first kappa shape index (κ1) is 20.7. The largest absolute Gasteiger partial charge is 0.497 e. The zero-order valence-electron chi connectivity index (χ0n) is 16.9. The summed E-state index contributed by atoms with van der Waals surface area (Å²) in [5.41, 5.74) is 2.45. The summed E-state index contributed by atoms with van der Waals surface area (Å²) in [5, 5.41) is 2.02. The van der Waals surface area contributed by atoms with Crippen LogP contribution in [-0.2, 0) is 16.4 Å². The fourth-order valence-corrected chi connectivity index (χ4v) is 5.85. The van der Waals surface area contributed by atoms with Crippen molar-refractivity contribution in [2.45, 2.75) is 17.4 Å². The molecule has 2 heterocycles. The Morgan fingerprint density at radius 2 is 1.93 bits per heavy atom. The molecule has 1 N–H and O–H groups in total. The molecule has 30 heavy (non-hydrogen) atoms. The second-order valence-corrected chi connectivity index (χ2v) is 9.69. The van der Waals surface area contributed by atoms with Gasteiger partial charge in [0.25, 0.3) is 0 Å². The molecule has 3 aromatic rings. The van der Waals surface area contributed by atoms with E-state index in [9.17, 15) is 8.42 Å². The molecule has 1 unspecified atom stereocenters. The van der Waals surface area contributed by atoms with E-state index in [-0.39, 0.29) is 23.2 Å². The summed E-state index contributed by atoms with van der Waals surface area (Å²) in [6.45, 7) is 1.10. The number of hydrogen-bond acceptors (Lipinski definition) is 6. The topological polar surface area (TPSA) is 67.9 Å². The average molecular weight is 445 g/mol. The molecule has 1 aliphatic heterocycles. The molecule has 4 rings (SSSR count). The fourth-order valence-electron chi connectivity index (χ4n) is 3.79. The van der Waals surface area contributed by atoms with Crippen LogP contribution in [0, 0.1) is 0 Å². The summed E-state index contributed by atoms with van der Waals surface area (Å²) >= 11 is 1.63. The van der Waals surface area contributed by atoms with Crippen molar-refractivity contribution in [1.82, 2.24) is 4.72 Å². The van der Waals surface area contributed by atoms with Gasteiger partial charge in [0.2, 0.25) is 10.0 Å². The van der Waals surface area contributed by atoms with Crippen LogP contribution in [0.2, 0.25) is 0 Å². The Kier molecular flexibility index (Phi) is 5.99. The van der Waals surface area contributed by atoms with Gasteiger partial charge in [-0.3, -0.25) is 0 Å². The smallest absolute Gasteiger partial charge is 0.244 e. The number of ether oxygens (including phenoxy) is 2. The van der Waals surface area contributed by atoms with Crippen LogP contribution in [-0.4, -0.2) is 35.7 Å². The van der Waals surface area contributed by atoms with Gasteiger partial charge in [-0.05, 0) is 41.6 Å². The number of hydrogen-bond donors (Lipinski definition) is 1. The van der Waals surface area contributed by atoms with Crippen LogP contribution in [0.25, 0.3) is 0 Å². The highest BCUT2D eigenvalue weighted by Gasteiger charge is 2.30. The highest BCUT2D eigenvalue weighted by atomic mass is 32.2. The van der Waals surface area contributed by atoms with Crippen molar-refractivity contribution < 1.29 is 17.9 Å². The predicted octanol–water partition coefficient (Wildman–Crippen LogP) is 3.85. The molecule has 0 radical (unpaired) electrons. The maximum Gasteiger partial charge on any atom is 0.244 e. The standard InChI is InChI=1S/C22H24N2O4S2/c1-27-17-9-10-20(28-2)22(14-17)30(25,26)23-15-19(21-8-5-13-29-21)24-12-11-16-6-3-4-7-18(16)24/h3-10,13-14,19,23H,11-12,15H2,1-2H3. The number of fused-ring (bicyclic) bond motifs is 1. The van der Waals surface area contributed by atoms with Crippen molar-refractivity contribution in [1.29, 1.82) is 0 Å². The minimum atomic E-state index is -3.81. The summed E-state index contributed by atoms with van der Waals surface area (Å²) in [5.74, 6) is 0.738. The van der Waals surface area contributed by atoms with E-state index in [0.29, 0.717) is 5.75 Å². The Morgan fingerprint density at radius 3 is 2.67 bits per heavy atom. The highest BCUT2D eigenvalue weighted by molar-refractivity contribution is 7.89. The number of methoxy groups -OCH3 is 2. The Bertz CT molecular complexity index is 1110. The van der Waals surface area contributed by atoms with Crippen LogP contribution in [0.1, 0.15) is 16.5 Å². The van der Waals surface area contributed by atoms with Crippen LogP contribution in [0.4, 0.5) is 5.69 Å². The predicted molar refractivity (Wildman–Crippen MR) is 119 cm³/mol. The van der Waals surface area contributed by atoms with Crippen molar-refractivity contribution in [3.05, 3.63) is 70.4 Å². The fraction of sp³-hybridized carbons (Fsp3) is 0.273. The normalized spacial score (nSPS) is 14.4. The number of thiophene rings is 1. The molecule has 0 saturated heterocycles. The first-order valence-corrected chi connectivity index (χ1v) is 12.0. The molecule has 1 aliphatic rings. The van der Waals surface area contributed by atoms with Crippen molar-refractivity contribution in [2.75, 3.05) is 32.2 Å². The van der Waals surface area contributed by atoms with Crippen molar-refractivity contribution in [2.24, 2.45) is 0 Å². The lowest BCUT2D eigenvalue weighted by Crippen LogP contribution is -2.37. The van der Waals surface area contributed by atoms with Gasteiger partial charge in [-0.25, -0.2) is 13.1 Å². The third-order valence-electron chi connectivity index (χ3n) is 5.30. The van der Waals surface area contributed by atoms with Gasteiger partial charge < -0.3 is 14.4 Å². The lowest BCUT2D eigenvalue weighted by Gasteiger charge is -2.30. The Hall–Kier alpha value is -2.55. The summed E-state index contributed by atoms with van der Waals surface area (Å²) in [4.78, 5) is 3.47. The maximum absolute atomic E-state index is 13.2. The summed E-state index contributed by atoms with van der Waals surface area (Å²) < 4.78 is 39.6. The van der Waals surface area contributed by atoms with Crippen LogP contribution in [0.3, 0.4) is 0 Å². The molecule has 158 valence electrons. The number of anilines is 1. The van der Waals surface area contributed by atoms with Gasteiger partial charge in [0.05, 0.1) is 20.3 Å². The molecule has 0 spiro atoms. The lowest BCUT2D eigenvalue weighted by molar-refractivity contribution is 0.392. The van der Waals surface area contributed by atoms with Crippen molar-refractivity contribution >= 4 is 27.0 Å². The molecule has 0 fully saturated rings. The second-order valence-electron chi connectivity index (χ2n) is 6.97. The summed E-state index contributed by atoms with van der Waals surface area (Å²) in [7, 11) is -0.848. The van der Waals surface area contributed by atoms with E-state index in [0.717, 1.165) is 23.5 Å². The molecule has 8 heteroatoms. The van der Waals surface area contributed by atoms with E-state index in [1.165, 1.54) is 25.8 Å². The zero-order valence-corrected chi connectivity index (χ0v) is 18.5. The Labute approximate surface area is 181 Å². The number of nitrogens with zero attached hydrogens (tertiary/aromatic N) is 1. The van der Waals surface area contributed by atoms with E-state index < -0.39 is 10.0 Å². The zero-order chi connectivity index (χ0) is 21.1. The van der Waals surface area contributed by atoms with Gasteiger partial charge in [-0.1, -0.05) is 24.3 Å². The van der Waals surface area contributed by atoms with Crippen LogP contribution < -0.4 is 19.1 Å². The van der Waals surface area contributed by atoms with Crippen LogP contribution in [0.5, 0.6) is 11.5 Å². The Morgan fingerprint density at radius 1 is 1.10 bits per heavy atom. The molecule has 0 amide bonds. The third kappa shape index (κ3) is 4.03. The minimum Gasteiger partial charge on any atom is -0.497 e.